The van der Waals surface area contributed by atoms with E-state index >= 15 is 0 Å². The lowest BCUT2D eigenvalue weighted by Crippen LogP contribution is -2.53. The van der Waals surface area contributed by atoms with Crippen LogP contribution in [0.3, 0.4) is 0 Å². The summed E-state index contributed by atoms with van der Waals surface area (Å²) >= 11 is 0. The van der Waals surface area contributed by atoms with E-state index in [1.54, 1.807) is 6.92 Å². The Morgan fingerprint density at radius 1 is 1.41 bits per heavy atom. The predicted octanol–water partition coefficient (Wildman–Crippen LogP) is 2.82. The van der Waals surface area contributed by atoms with E-state index in [9.17, 15) is 18.0 Å². The number of aromatic nitrogens is 1. The number of rotatable bonds is 4. The normalized spacial score (nSPS) is 21.3. The smallest absolute Gasteiger partial charge is 0.310 e. The molecule has 0 fully saturated rings. The van der Waals surface area contributed by atoms with Crippen LogP contribution in [0.4, 0.5) is 18.9 Å². The highest BCUT2D eigenvalue weighted by Gasteiger charge is 2.57. The third kappa shape index (κ3) is 3.34. The average molecular weight is 382 g/mol. The molecule has 0 saturated heterocycles. The van der Waals surface area contributed by atoms with Crippen molar-refractivity contribution in [3.05, 3.63) is 47.4 Å². The zero-order chi connectivity index (χ0) is 19.8. The first-order valence-corrected chi connectivity index (χ1v) is 8.09. The molecule has 2 aromatic rings. The number of amides is 1. The average Bonchev–Trinajstić information content (AvgIpc) is 3.10. The number of anilines is 1. The second kappa shape index (κ2) is 6.60. The number of nitrogens with one attached hydrogen (secondary N) is 1. The Labute approximate surface area is 152 Å². The van der Waals surface area contributed by atoms with Crippen molar-refractivity contribution in [1.29, 1.82) is 0 Å². The van der Waals surface area contributed by atoms with E-state index in [0.717, 1.165) is 19.1 Å². The van der Waals surface area contributed by atoms with Gasteiger partial charge in [-0.05, 0) is 25.1 Å². The van der Waals surface area contributed by atoms with Crippen LogP contribution in [0, 0.1) is 5.82 Å². The van der Waals surface area contributed by atoms with E-state index in [1.165, 1.54) is 12.3 Å². The van der Waals surface area contributed by atoms with Crippen LogP contribution < -0.4 is 11.1 Å². The van der Waals surface area contributed by atoms with Crippen LogP contribution in [0.25, 0.3) is 0 Å². The van der Waals surface area contributed by atoms with E-state index in [2.05, 4.69) is 15.3 Å². The summed E-state index contributed by atoms with van der Waals surface area (Å²) in [6, 6.07) is 2.80. The van der Waals surface area contributed by atoms with Gasteiger partial charge < -0.3 is 20.2 Å². The minimum Gasteiger partial charge on any atom is -0.448 e. The number of hydrogen-bond donors (Lipinski definition) is 2. The summed E-state index contributed by atoms with van der Waals surface area (Å²) in [4.78, 5) is 19.6. The van der Waals surface area contributed by atoms with Crippen LogP contribution in [-0.4, -0.2) is 29.4 Å². The molecule has 0 spiro atoms. The Morgan fingerprint density at radius 2 is 2.15 bits per heavy atom. The van der Waals surface area contributed by atoms with Crippen molar-refractivity contribution in [1.82, 2.24) is 4.98 Å². The molecular weight excluding hydrogens is 365 g/mol. The third-order valence-corrected chi connectivity index (χ3v) is 4.27. The van der Waals surface area contributed by atoms with Crippen LogP contribution in [0.5, 0.6) is 0 Å². The molecule has 1 atom stereocenters. The molecule has 27 heavy (non-hydrogen) atoms. The van der Waals surface area contributed by atoms with Gasteiger partial charge in [0.15, 0.2) is 11.6 Å². The molecule has 1 aromatic carbocycles. The Bertz CT molecular complexity index is 913. The Kier molecular flexibility index (Phi) is 4.58. The molecule has 3 rings (SSSR count). The number of aryl methyl sites for hydroxylation is 1. The van der Waals surface area contributed by atoms with Gasteiger partial charge in [0, 0.05) is 17.7 Å². The van der Waals surface area contributed by atoms with Gasteiger partial charge in [-0.3, -0.25) is 4.79 Å². The summed E-state index contributed by atoms with van der Waals surface area (Å²) in [6.07, 6.45) is 1.68. The molecule has 10 heteroatoms. The first-order valence-electron chi connectivity index (χ1n) is 8.09. The maximum absolute atomic E-state index is 14.4. The lowest BCUT2D eigenvalue weighted by molar-refractivity contribution is -0.173. The first kappa shape index (κ1) is 18.7. The molecule has 0 bridgehead atoms. The van der Waals surface area contributed by atoms with Crippen molar-refractivity contribution in [2.75, 3.05) is 11.9 Å². The van der Waals surface area contributed by atoms with Crippen molar-refractivity contribution in [2.24, 2.45) is 10.7 Å². The number of ether oxygens (including phenoxy) is 1. The largest absolute Gasteiger partial charge is 0.448 e. The van der Waals surface area contributed by atoms with E-state index in [1.807, 2.05) is 0 Å². The fraction of sp³-hybridized carbons (Fsp3) is 0.353. The third-order valence-electron chi connectivity index (χ3n) is 4.27. The van der Waals surface area contributed by atoms with Crippen LogP contribution in [0.1, 0.15) is 35.8 Å². The van der Waals surface area contributed by atoms with Crippen LogP contribution in [-0.2, 0) is 16.8 Å². The number of nitrogens with zero attached hydrogens (tertiary/aromatic N) is 2. The number of alkyl halides is 2. The second-order valence-corrected chi connectivity index (χ2v) is 6.12. The number of aliphatic imine (C=N–C) groups is 1. The van der Waals surface area contributed by atoms with Crippen LogP contribution in [0.15, 0.2) is 33.9 Å². The van der Waals surface area contributed by atoms with Gasteiger partial charge >= 0.3 is 5.92 Å². The lowest BCUT2D eigenvalue weighted by atomic mass is 9.87. The molecule has 0 saturated carbocycles. The van der Waals surface area contributed by atoms with Gasteiger partial charge in [0.1, 0.15) is 18.6 Å². The first-order chi connectivity index (χ1) is 12.7. The predicted molar refractivity (Wildman–Crippen MR) is 90.1 cm³/mol. The van der Waals surface area contributed by atoms with E-state index in [-0.39, 0.29) is 11.4 Å². The standard InChI is InChI=1S/C17H17F3N4O3/c1-3-13-24-12(7-26-13)14(25)23-9-4-5-11(18)10(6-9)16(2)17(19,20)8-22-15(21)27-16/h4-7H,3,8H2,1-2H3,(H2,21,22)(H,23,25)/t16-/m1/s1. The highest BCUT2D eigenvalue weighted by Crippen LogP contribution is 2.44. The number of amidine groups is 1. The Balaban J connectivity index is 1.92. The molecule has 1 aliphatic heterocycles. The minimum atomic E-state index is -3.51. The number of carbonyl (C=O) groups is 1. The van der Waals surface area contributed by atoms with Gasteiger partial charge in [-0.2, -0.15) is 8.78 Å². The molecule has 7 nitrogen and oxygen atoms in total. The summed E-state index contributed by atoms with van der Waals surface area (Å²) in [5.74, 6) is -4.70. The zero-order valence-corrected chi connectivity index (χ0v) is 14.6. The van der Waals surface area contributed by atoms with Gasteiger partial charge in [-0.15, -0.1) is 0 Å². The molecule has 1 aromatic heterocycles. The molecule has 1 amide bonds. The van der Waals surface area contributed by atoms with Crippen molar-refractivity contribution in [3.63, 3.8) is 0 Å². The number of halogens is 3. The van der Waals surface area contributed by atoms with Gasteiger partial charge in [0.25, 0.3) is 11.9 Å². The number of oxazole rings is 1. The van der Waals surface area contributed by atoms with Crippen molar-refractivity contribution in [2.45, 2.75) is 31.8 Å². The molecular formula is C17H17F3N4O3. The van der Waals surface area contributed by atoms with Crippen LogP contribution >= 0.6 is 0 Å². The minimum absolute atomic E-state index is 0.0135. The zero-order valence-electron chi connectivity index (χ0n) is 14.6. The van der Waals surface area contributed by atoms with Gasteiger partial charge in [0.2, 0.25) is 5.60 Å². The summed E-state index contributed by atoms with van der Waals surface area (Å²) in [6.45, 7) is 1.88. The van der Waals surface area contributed by atoms with E-state index in [4.69, 9.17) is 14.9 Å². The SMILES string of the molecule is CCc1nc(C(=O)Nc2ccc(F)c([C@@]3(C)OC(N)=NCC3(F)F)c2)co1. The summed E-state index contributed by atoms with van der Waals surface area (Å²) in [5, 5.41) is 2.47. The number of nitrogens with two attached hydrogens (primary N) is 1. The maximum atomic E-state index is 14.4. The van der Waals surface area contributed by atoms with Crippen molar-refractivity contribution >= 4 is 17.6 Å². The van der Waals surface area contributed by atoms with Gasteiger partial charge in [-0.25, -0.2) is 14.4 Å². The quantitative estimate of drug-likeness (QED) is 0.847. The molecule has 0 radical (unpaired) electrons. The Morgan fingerprint density at radius 3 is 2.81 bits per heavy atom. The number of benzene rings is 1. The summed E-state index contributed by atoms with van der Waals surface area (Å²) in [5.41, 5.74) is 2.67. The van der Waals surface area contributed by atoms with Crippen molar-refractivity contribution in [3.8, 4) is 0 Å². The molecule has 1 aliphatic rings. The lowest BCUT2D eigenvalue weighted by Gasteiger charge is -2.39. The van der Waals surface area contributed by atoms with Gasteiger partial charge in [0.05, 0.1) is 0 Å². The van der Waals surface area contributed by atoms with E-state index < -0.39 is 41.4 Å². The maximum Gasteiger partial charge on any atom is 0.310 e. The molecule has 0 unspecified atom stereocenters. The summed E-state index contributed by atoms with van der Waals surface area (Å²) in [7, 11) is 0. The highest BCUT2D eigenvalue weighted by atomic mass is 19.3. The van der Waals surface area contributed by atoms with E-state index in [0.29, 0.717) is 12.3 Å². The molecule has 144 valence electrons. The van der Waals surface area contributed by atoms with Crippen molar-refractivity contribution < 1.29 is 27.1 Å². The fourth-order valence-corrected chi connectivity index (χ4v) is 2.64. The fourth-order valence-electron chi connectivity index (χ4n) is 2.64. The van der Waals surface area contributed by atoms with Gasteiger partial charge in [-0.1, -0.05) is 6.92 Å². The number of carbonyl (C=O) groups excluding carboxylic acids is 1. The highest BCUT2D eigenvalue weighted by molar-refractivity contribution is 6.02. The monoisotopic (exact) mass is 382 g/mol. The molecule has 2 heterocycles. The summed E-state index contributed by atoms with van der Waals surface area (Å²) < 4.78 is 53.3. The number of hydrogen-bond acceptors (Lipinski definition) is 6. The second-order valence-electron chi connectivity index (χ2n) is 6.12. The Hall–Kier alpha value is -3.04. The van der Waals surface area contributed by atoms with Crippen LogP contribution in [0.2, 0.25) is 0 Å². The molecule has 0 aliphatic carbocycles. The topological polar surface area (TPSA) is 103 Å². The molecule has 3 N–H and O–H groups in total.